The zero-order valence-corrected chi connectivity index (χ0v) is 15.3. The van der Waals surface area contributed by atoms with E-state index in [4.69, 9.17) is 4.74 Å². The molecule has 7 nitrogen and oxygen atoms in total. The van der Waals surface area contributed by atoms with Crippen molar-refractivity contribution in [1.29, 1.82) is 0 Å². The van der Waals surface area contributed by atoms with E-state index >= 15 is 0 Å². The van der Waals surface area contributed by atoms with E-state index in [2.05, 4.69) is 5.32 Å². The fraction of sp³-hybridized carbons (Fsp3) is 0.300. The van der Waals surface area contributed by atoms with Gasteiger partial charge in [0.25, 0.3) is 11.6 Å². The number of amides is 1. The van der Waals surface area contributed by atoms with Gasteiger partial charge in [0.05, 0.1) is 4.92 Å². The van der Waals surface area contributed by atoms with Crippen LogP contribution in [0.4, 0.5) is 5.69 Å². The summed E-state index contributed by atoms with van der Waals surface area (Å²) in [5, 5.41) is 13.9. The number of ether oxygens (including phenoxy) is 1. The lowest BCUT2D eigenvalue weighted by Crippen LogP contribution is -2.32. The van der Waals surface area contributed by atoms with Gasteiger partial charge >= 0.3 is 5.97 Å². The van der Waals surface area contributed by atoms with Crippen molar-refractivity contribution in [2.24, 2.45) is 0 Å². The molecule has 0 aliphatic heterocycles. The van der Waals surface area contributed by atoms with Gasteiger partial charge in [0.2, 0.25) is 0 Å². The van der Waals surface area contributed by atoms with Crippen LogP contribution < -0.4 is 5.32 Å². The Morgan fingerprint density at radius 3 is 2.48 bits per heavy atom. The number of benzene rings is 2. The van der Waals surface area contributed by atoms with Gasteiger partial charge in [0.15, 0.2) is 6.61 Å². The van der Waals surface area contributed by atoms with E-state index in [0.29, 0.717) is 12.1 Å². The van der Waals surface area contributed by atoms with Gasteiger partial charge in [-0.3, -0.25) is 14.9 Å². The summed E-state index contributed by atoms with van der Waals surface area (Å²) in [4.78, 5) is 34.7. The molecule has 1 atom stereocenters. The van der Waals surface area contributed by atoms with Gasteiger partial charge in [-0.05, 0) is 25.0 Å². The van der Waals surface area contributed by atoms with Gasteiger partial charge in [-0.15, -0.1) is 0 Å². The number of carbonyl (C=O) groups is 2. The topological polar surface area (TPSA) is 98.5 Å². The first-order valence-electron chi connectivity index (χ1n) is 8.66. The van der Waals surface area contributed by atoms with Crippen LogP contribution in [0, 0.1) is 17.0 Å². The highest BCUT2D eigenvalue weighted by atomic mass is 16.6. The Hall–Kier alpha value is -3.22. The highest BCUT2D eigenvalue weighted by Gasteiger charge is 2.24. The largest absolute Gasteiger partial charge is 0.452 e. The molecule has 0 saturated heterocycles. The maximum Gasteiger partial charge on any atom is 0.345 e. The monoisotopic (exact) mass is 370 g/mol. The zero-order valence-electron chi connectivity index (χ0n) is 15.3. The Morgan fingerprint density at radius 1 is 1.15 bits per heavy atom. The molecule has 2 aromatic carbocycles. The van der Waals surface area contributed by atoms with Gasteiger partial charge in [-0.25, -0.2) is 4.79 Å². The second kappa shape index (κ2) is 9.47. The van der Waals surface area contributed by atoms with Crippen molar-refractivity contribution in [2.45, 2.75) is 26.2 Å². The molecule has 2 aromatic rings. The number of nitro groups is 1. The fourth-order valence-electron chi connectivity index (χ4n) is 2.79. The van der Waals surface area contributed by atoms with E-state index in [1.165, 1.54) is 25.1 Å². The lowest BCUT2D eigenvalue weighted by molar-refractivity contribution is -0.385. The van der Waals surface area contributed by atoms with E-state index in [1.54, 1.807) is 0 Å². The molecule has 27 heavy (non-hydrogen) atoms. The number of nitro benzene ring substituents is 1. The minimum Gasteiger partial charge on any atom is -0.452 e. The number of para-hydroxylation sites is 1. The molecule has 0 spiro atoms. The summed E-state index contributed by atoms with van der Waals surface area (Å²) in [5.41, 5.74) is 1.00. The highest BCUT2D eigenvalue weighted by Crippen LogP contribution is 2.23. The standard InChI is InChI=1S/C20H22N2O5/c1-3-15(16-9-5-4-6-10-16)12-21-18(23)13-27-20(24)17-11-7-8-14(2)19(17)22(25)26/h4-11,15H,3,12-13H2,1-2H3,(H,21,23). The quantitative estimate of drug-likeness (QED) is 0.436. The van der Waals surface area contributed by atoms with Crippen molar-refractivity contribution in [3.05, 3.63) is 75.3 Å². The summed E-state index contributed by atoms with van der Waals surface area (Å²) < 4.78 is 4.95. The minimum atomic E-state index is -0.893. The minimum absolute atomic E-state index is 0.156. The molecule has 1 N–H and O–H groups in total. The molecular weight excluding hydrogens is 348 g/mol. The molecular formula is C20H22N2O5. The smallest absolute Gasteiger partial charge is 0.345 e. The van der Waals surface area contributed by atoms with Gasteiger partial charge in [0, 0.05) is 18.0 Å². The van der Waals surface area contributed by atoms with Crippen LogP contribution in [0.25, 0.3) is 0 Å². The van der Waals surface area contributed by atoms with Crippen LogP contribution in [0.2, 0.25) is 0 Å². The number of nitrogens with one attached hydrogen (secondary N) is 1. The van der Waals surface area contributed by atoms with Crippen molar-refractivity contribution in [1.82, 2.24) is 5.32 Å². The molecule has 0 aliphatic carbocycles. The number of carbonyl (C=O) groups excluding carboxylic acids is 2. The highest BCUT2D eigenvalue weighted by molar-refractivity contribution is 5.95. The van der Waals surface area contributed by atoms with Crippen LogP contribution in [0.1, 0.15) is 40.7 Å². The molecule has 7 heteroatoms. The number of aryl methyl sites for hydroxylation is 1. The predicted molar refractivity (Wildman–Crippen MR) is 101 cm³/mol. The first kappa shape index (κ1) is 20.1. The third-order valence-electron chi connectivity index (χ3n) is 4.28. The number of rotatable bonds is 8. The van der Waals surface area contributed by atoms with Crippen LogP contribution in [0.3, 0.4) is 0 Å². The van der Waals surface area contributed by atoms with Gasteiger partial charge in [-0.2, -0.15) is 0 Å². The molecule has 0 fully saturated rings. The lowest BCUT2D eigenvalue weighted by atomic mass is 9.96. The van der Waals surface area contributed by atoms with Crippen molar-refractivity contribution >= 4 is 17.6 Å². The molecule has 0 heterocycles. The second-order valence-corrected chi connectivity index (χ2v) is 6.12. The molecule has 142 valence electrons. The molecule has 0 radical (unpaired) electrons. The van der Waals surface area contributed by atoms with Crippen LogP contribution in [-0.2, 0) is 9.53 Å². The van der Waals surface area contributed by atoms with Crippen molar-refractivity contribution in [3.8, 4) is 0 Å². The molecule has 0 aliphatic rings. The third-order valence-corrected chi connectivity index (χ3v) is 4.28. The van der Waals surface area contributed by atoms with Crippen LogP contribution >= 0.6 is 0 Å². The van der Waals surface area contributed by atoms with Gasteiger partial charge in [0.1, 0.15) is 5.56 Å². The maximum absolute atomic E-state index is 12.1. The average molecular weight is 370 g/mol. The molecule has 2 rings (SSSR count). The van der Waals surface area contributed by atoms with Crippen molar-refractivity contribution < 1.29 is 19.2 Å². The summed E-state index contributed by atoms with van der Waals surface area (Å²) in [7, 11) is 0. The Kier molecular flexibility index (Phi) is 7.05. The van der Waals surface area contributed by atoms with E-state index in [1.807, 2.05) is 37.3 Å². The van der Waals surface area contributed by atoms with Crippen LogP contribution in [0.15, 0.2) is 48.5 Å². The van der Waals surface area contributed by atoms with E-state index in [0.717, 1.165) is 12.0 Å². The normalized spacial score (nSPS) is 11.5. The molecule has 1 unspecified atom stereocenters. The Morgan fingerprint density at radius 2 is 1.85 bits per heavy atom. The number of esters is 1. The van der Waals surface area contributed by atoms with E-state index < -0.39 is 23.4 Å². The summed E-state index contributed by atoms with van der Waals surface area (Å²) in [6, 6.07) is 14.2. The summed E-state index contributed by atoms with van der Waals surface area (Å²) in [5.74, 6) is -1.19. The molecule has 1 amide bonds. The third kappa shape index (κ3) is 5.37. The van der Waals surface area contributed by atoms with Gasteiger partial charge < -0.3 is 10.1 Å². The number of hydrogen-bond donors (Lipinski definition) is 1. The first-order valence-corrected chi connectivity index (χ1v) is 8.66. The van der Waals surface area contributed by atoms with Crippen molar-refractivity contribution in [2.75, 3.05) is 13.2 Å². The zero-order chi connectivity index (χ0) is 19.8. The molecule has 0 aromatic heterocycles. The average Bonchev–Trinajstić information content (AvgIpc) is 2.67. The van der Waals surface area contributed by atoms with Gasteiger partial charge in [-0.1, -0.05) is 49.4 Å². The lowest BCUT2D eigenvalue weighted by Gasteiger charge is -2.16. The summed E-state index contributed by atoms with van der Waals surface area (Å²) in [6.07, 6.45) is 0.847. The first-order chi connectivity index (χ1) is 12.9. The number of nitrogens with zero attached hydrogens (tertiary/aromatic N) is 1. The Labute approximate surface area is 157 Å². The molecule has 0 bridgehead atoms. The van der Waals surface area contributed by atoms with Crippen LogP contribution in [0.5, 0.6) is 0 Å². The Balaban J connectivity index is 1.91. The van der Waals surface area contributed by atoms with Crippen molar-refractivity contribution in [3.63, 3.8) is 0 Å². The predicted octanol–water partition coefficient (Wildman–Crippen LogP) is 3.37. The SMILES string of the molecule is CCC(CNC(=O)COC(=O)c1cccc(C)c1[N+](=O)[O-])c1ccccc1. The second-order valence-electron chi connectivity index (χ2n) is 6.12. The van der Waals surface area contributed by atoms with E-state index in [-0.39, 0.29) is 17.2 Å². The summed E-state index contributed by atoms with van der Waals surface area (Å²) in [6.45, 7) is 3.49. The fourth-order valence-corrected chi connectivity index (χ4v) is 2.79. The summed E-state index contributed by atoms with van der Waals surface area (Å²) >= 11 is 0. The maximum atomic E-state index is 12.1. The Bertz CT molecular complexity index is 820. The van der Waals surface area contributed by atoms with Crippen LogP contribution in [-0.4, -0.2) is 30.0 Å². The number of hydrogen-bond acceptors (Lipinski definition) is 5. The molecule has 0 saturated carbocycles. The van der Waals surface area contributed by atoms with E-state index in [9.17, 15) is 19.7 Å².